The van der Waals surface area contributed by atoms with Gasteiger partial charge in [-0.25, -0.2) is 13.2 Å². The summed E-state index contributed by atoms with van der Waals surface area (Å²) >= 11 is 0. The van der Waals surface area contributed by atoms with Gasteiger partial charge in [-0.1, -0.05) is 19.1 Å². The van der Waals surface area contributed by atoms with E-state index in [1.165, 1.54) is 18.2 Å². The zero-order valence-electron chi connectivity index (χ0n) is 9.22. The van der Waals surface area contributed by atoms with Crippen LogP contribution in [0.25, 0.3) is 0 Å². The van der Waals surface area contributed by atoms with Gasteiger partial charge in [0.15, 0.2) is 0 Å². The summed E-state index contributed by atoms with van der Waals surface area (Å²) in [7, 11) is 0. The van der Waals surface area contributed by atoms with Crippen LogP contribution in [-0.2, 0) is 6.42 Å². The van der Waals surface area contributed by atoms with Gasteiger partial charge < -0.3 is 5.32 Å². The standard InChI is InChI=1S/C12H16F3N/c1-2-6-16-11(12(14)15)8-9-4-3-5-10(13)7-9/h3-5,7,11-12,16H,2,6,8H2,1H3. The van der Waals surface area contributed by atoms with Crippen LogP contribution >= 0.6 is 0 Å². The van der Waals surface area contributed by atoms with Crippen LogP contribution < -0.4 is 5.32 Å². The van der Waals surface area contributed by atoms with E-state index in [0.717, 1.165) is 6.42 Å². The van der Waals surface area contributed by atoms with E-state index in [1.54, 1.807) is 6.07 Å². The van der Waals surface area contributed by atoms with Gasteiger partial charge in [-0.3, -0.25) is 0 Å². The molecule has 1 nitrogen and oxygen atoms in total. The smallest absolute Gasteiger partial charge is 0.254 e. The lowest BCUT2D eigenvalue weighted by atomic mass is 10.1. The number of benzene rings is 1. The van der Waals surface area contributed by atoms with Crippen molar-refractivity contribution in [3.05, 3.63) is 35.6 Å². The topological polar surface area (TPSA) is 12.0 Å². The quantitative estimate of drug-likeness (QED) is 0.793. The fourth-order valence-corrected chi connectivity index (χ4v) is 1.50. The molecule has 4 heteroatoms. The summed E-state index contributed by atoms with van der Waals surface area (Å²) in [6.45, 7) is 2.46. The Kier molecular flexibility index (Phi) is 5.32. The normalized spacial score (nSPS) is 13.1. The van der Waals surface area contributed by atoms with Crippen LogP contribution in [0.15, 0.2) is 24.3 Å². The van der Waals surface area contributed by atoms with Crippen LogP contribution in [0.3, 0.4) is 0 Å². The van der Waals surface area contributed by atoms with Crippen molar-refractivity contribution in [2.24, 2.45) is 0 Å². The number of halogens is 3. The Hall–Kier alpha value is -1.03. The van der Waals surface area contributed by atoms with Gasteiger partial charge in [0, 0.05) is 0 Å². The highest BCUT2D eigenvalue weighted by Gasteiger charge is 2.19. The van der Waals surface area contributed by atoms with Crippen LogP contribution in [0.2, 0.25) is 0 Å². The van der Waals surface area contributed by atoms with Crippen LogP contribution in [0.5, 0.6) is 0 Å². The van der Waals surface area contributed by atoms with Crippen molar-refractivity contribution in [1.29, 1.82) is 0 Å². The van der Waals surface area contributed by atoms with Gasteiger partial charge in [0.05, 0.1) is 6.04 Å². The Labute approximate surface area is 93.7 Å². The van der Waals surface area contributed by atoms with E-state index in [9.17, 15) is 13.2 Å². The maximum absolute atomic E-state index is 12.9. The molecule has 0 bridgehead atoms. The Balaban J connectivity index is 2.60. The molecule has 0 aliphatic rings. The van der Waals surface area contributed by atoms with E-state index >= 15 is 0 Å². The first kappa shape index (κ1) is 13.0. The largest absolute Gasteiger partial charge is 0.309 e. The van der Waals surface area contributed by atoms with E-state index in [4.69, 9.17) is 0 Å². The monoisotopic (exact) mass is 231 g/mol. The molecule has 0 aromatic heterocycles. The fourth-order valence-electron chi connectivity index (χ4n) is 1.50. The molecule has 0 radical (unpaired) electrons. The Morgan fingerprint density at radius 1 is 1.31 bits per heavy atom. The van der Waals surface area contributed by atoms with Gasteiger partial charge in [-0.15, -0.1) is 0 Å². The number of rotatable bonds is 6. The van der Waals surface area contributed by atoms with Crippen molar-refractivity contribution in [1.82, 2.24) is 5.32 Å². The fraction of sp³-hybridized carbons (Fsp3) is 0.500. The van der Waals surface area contributed by atoms with Gasteiger partial charge in [-0.2, -0.15) is 0 Å². The molecular weight excluding hydrogens is 215 g/mol. The molecular formula is C12H16F3N. The molecule has 0 aliphatic heterocycles. The lowest BCUT2D eigenvalue weighted by Gasteiger charge is -2.17. The lowest BCUT2D eigenvalue weighted by Crippen LogP contribution is -2.37. The summed E-state index contributed by atoms with van der Waals surface area (Å²) < 4.78 is 38.2. The summed E-state index contributed by atoms with van der Waals surface area (Å²) in [5.41, 5.74) is 0.592. The molecule has 1 unspecified atom stereocenters. The molecule has 0 amide bonds. The number of hydrogen-bond acceptors (Lipinski definition) is 1. The molecule has 0 spiro atoms. The minimum atomic E-state index is -2.44. The maximum Gasteiger partial charge on any atom is 0.254 e. The Morgan fingerprint density at radius 2 is 2.06 bits per heavy atom. The minimum absolute atomic E-state index is 0.148. The van der Waals surface area contributed by atoms with Crippen molar-refractivity contribution >= 4 is 0 Å². The first-order valence-corrected chi connectivity index (χ1v) is 5.39. The molecule has 1 aromatic rings. The van der Waals surface area contributed by atoms with Crippen LogP contribution in [0.1, 0.15) is 18.9 Å². The predicted octanol–water partition coefficient (Wildman–Crippen LogP) is 3.00. The highest BCUT2D eigenvalue weighted by atomic mass is 19.3. The van der Waals surface area contributed by atoms with Crippen molar-refractivity contribution in [3.8, 4) is 0 Å². The predicted molar refractivity (Wildman–Crippen MR) is 58.2 cm³/mol. The molecule has 0 heterocycles. The first-order valence-electron chi connectivity index (χ1n) is 5.39. The van der Waals surface area contributed by atoms with Gasteiger partial charge in [0.2, 0.25) is 0 Å². The molecule has 0 fully saturated rings. The number of nitrogens with one attached hydrogen (secondary N) is 1. The highest BCUT2D eigenvalue weighted by Crippen LogP contribution is 2.11. The second-order valence-electron chi connectivity index (χ2n) is 3.73. The van der Waals surface area contributed by atoms with Gasteiger partial charge in [0.1, 0.15) is 5.82 Å². The zero-order chi connectivity index (χ0) is 12.0. The molecule has 1 N–H and O–H groups in total. The molecule has 0 aliphatic carbocycles. The van der Waals surface area contributed by atoms with Crippen molar-refractivity contribution in [2.75, 3.05) is 6.54 Å². The Bertz CT molecular complexity index is 315. The van der Waals surface area contributed by atoms with Gasteiger partial charge in [0.25, 0.3) is 6.43 Å². The molecule has 1 atom stereocenters. The molecule has 90 valence electrons. The van der Waals surface area contributed by atoms with Crippen molar-refractivity contribution in [3.63, 3.8) is 0 Å². The summed E-state index contributed by atoms with van der Waals surface area (Å²) in [6.07, 6.45) is -1.49. The minimum Gasteiger partial charge on any atom is -0.309 e. The second kappa shape index (κ2) is 6.53. The van der Waals surface area contributed by atoms with Crippen LogP contribution in [-0.4, -0.2) is 19.0 Å². The summed E-state index contributed by atoms with van der Waals surface area (Å²) in [5.74, 6) is -0.388. The summed E-state index contributed by atoms with van der Waals surface area (Å²) in [6, 6.07) is 4.89. The molecule has 0 saturated carbocycles. The first-order chi connectivity index (χ1) is 7.63. The van der Waals surface area contributed by atoms with Crippen molar-refractivity contribution < 1.29 is 13.2 Å². The van der Waals surface area contributed by atoms with Gasteiger partial charge in [-0.05, 0) is 37.1 Å². The van der Waals surface area contributed by atoms with Crippen LogP contribution in [0, 0.1) is 5.82 Å². The summed E-state index contributed by atoms with van der Waals surface area (Å²) in [5, 5.41) is 2.76. The third-order valence-corrected chi connectivity index (χ3v) is 2.31. The third-order valence-electron chi connectivity index (χ3n) is 2.31. The third kappa shape index (κ3) is 4.23. The molecule has 1 rings (SSSR count). The molecule has 16 heavy (non-hydrogen) atoms. The average Bonchev–Trinajstić information content (AvgIpc) is 2.24. The van der Waals surface area contributed by atoms with E-state index < -0.39 is 12.5 Å². The van der Waals surface area contributed by atoms with E-state index in [1.807, 2.05) is 6.92 Å². The highest BCUT2D eigenvalue weighted by molar-refractivity contribution is 5.17. The molecule has 1 aromatic carbocycles. The van der Waals surface area contributed by atoms with Gasteiger partial charge >= 0.3 is 0 Å². The van der Waals surface area contributed by atoms with Crippen LogP contribution in [0.4, 0.5) is 13.2 Å². The lowest BCUT2D eigenvalue weighted by molar-refractivity contribution is 0.0982. The van der Waals surface area contributed by atoms with Crippen molar-refractivity contribution in [2.45, 2.75) is 32.2 Å². The average molecular weight is 231 g/mol. The number of alkyl halides is 2. The summed E-state index contributed by atoms with van der Waals surface area (Å²) in [4.78, 5) is 0. The maximum atomic E-state index is 12.9. The van der Waals surface area contributed by atoms with E-state index in [-0.39, 0.29) is 12.2 Å². The Morgan fingerprint density at radius 3 is 2.62 bits per heavy atom. The zero-order valence-corrected chi connectivity index (χ0v) is 9.22. The molecule has 0 saturated heterocycles. The number of hydrogen-bond donors (Lipinski definition) is 1. The van der Waals surface area contributed by atoms with E-state index in [2.05, 4.69) is 5.32 Å². The SMILES string of the molecule is CCCNC(Cc1cccc(F)c1)C(F)F. The second-order valence-corrected chi connectivity index (χ2v) is 3.73. The van der Waals surface area contributed by atoms with E-state index in [0.29, 0.717) is 12.1 Å².